The van der Waals surface area contributed by atoms with Crippen molar-refractivity contribution in [1.82, 2.24) is 4.40 Å². The molecule has 0 N–H and O–H groups in total. The maximum atomic E-state index is 2.54. The third-order valence-corrected chi connectivity index (χ3v) is 7.63. The van der Waals surface area contributed by atoms with Crippen LogP contribution in [0.3, 0.4) is 0 Å². The number of rotatable bonds is 2. The highest BCUT2D eigenvalue weighted by Gasteiger charge is 2.24. The molecule has 0 spiro atoms. The Morgan fingerprint density at radius 1 is 0.735 bits per heavy atom. The van der Waals surface area contributed by atoms with Gasteiger partial charge >= 0.3 is 0 Å². The van der Waals surface area contributed by atoms with Crippen molar-refractivity contribution in [2.75, 3.05) is 0 Å². The quantitative estimate of drug-likeness (QED) is 0.147. The Bertz CT molecular complexity index is 1890. The van der Waals surface area contributed by atoms with Gasteiger partial charge in [0.15, 0.2) is 6.20 Å². The van der Waals surface area contributed by atoms with Crippen LogP contribution in [0.5, 0.6) is 0 Å². The number of hydrogen-bond acceptors (Lipinski definition) is 0. The van der Waals surface area contributed by atoms with E-state index >= 15 is 0 Å². The van der Waals surface area contributed by atoms with Crippen molar-refractivity contribution in [3.8, 4) is 11.1 Å². The zero-order valence-electron chi connectivity index (χ0n) is 20.1. The first-order valence-electron chi connectivity index (χ1n) is 12.1. The van der Waals surface area contributed by atoms with E-state index in [4.69, 9.17) is 0 Å². The zero-order chi connectivity index (χ0) is 23.1. The largest absolute Gasteiger partial charge is 0.307 e. The van der Waals surface area contributed by atoms with Crippen LogP contribution in [0.4, 0.5) is 0 Å². The molecule has 34 heavy (non-hydrogen) atoms. The fourth-order valence-corrected chi connectivity index (χ4v) is 5.88. The number of benzene rings is 4. The van der Waals surface area contributed by atoms with E-state index < -0.39 is 0 Å². The van der Waals surface area contributed by atoms with E-state index in [1.165, 1.54) is 71.3 Å². The Hall–Kier alpha value is -3.91. The minimum absolute atomic E-state index is 0.467. The van der Waals surface area contributed by atoms with Gasteiger partial charge in [-0.05, 0) is 52.6 Å². The van der Waals surface area contributed by atoms with Crippen LogP contribution in [0.1, 0.15) is 30.9 Å². The predicted octanol–water partition coefficient (Wildman–Crippen LogP) is 7.91. The molecule has 0 saturated carbocycles. The van der Waals surface area contributed by atoms with Crippen molar-refractivity contribution in [3.05, 3.63) is 96.2 Å². The van der Waals surface area contributed by atoms with Gasteiger partial charge < -0.3 is 4.40 Å². The molecule has 0 unspecified atom stereocenters. The molecule has 3 aromatic heterocycles. The third kappa shape index (κ3) is 2.48. The van der Waals surface area contributed by atoms with Gasteiger partial charge in [0.2, 0.25) is 5.52 Å². The summed E-state index contributed by atoms with van der Waals surface area (Å²) in [5, 5.41) is 6.66. The van der Waals surface area contributed by atoms with Gasteiger partial charge in [-0.15, -0.1) is 0 Å². The lowest BCUT2D eigenvalue weighted by atomic mass is 9.95. The van der Waals surface area contributed by atoms with Crippen molar-refractivity contribution < 1.29 is 4.57 Å². The first-order valence-corrected chi connectivity index (χ1v) is 12.1. The second-order valence-corrected chi connectivity index (χ2v) is 10.0. The highest BCUT2D eigenvalue weighted by Crippen LogP contribution is 2.42. The molecule has 0 saturated heterocycles. The van der Waals surface area contributed by atoms with Crippen molar-refractivity contribution in [3.63, 3.8) is 0 Å². The van der Waals surface area contributed by atoms with E-state index in [9.17, 15) is 0 Å². The number of aromatic nitrogens is 2. The van der Waals surface area contributed by atoms with Gasteiger partial charge in [-0.1, -0.05) is 74.5 Å². The van der Waals surface area contributed by atoms with Crippen molar-refractivity contribution in [2.45, 2.75) is 26.7 Å². The van der Waals surface area contributed by atoms with Crippen LogP contribution in [0.2, 0.25) is 0 Å². The molecule has 0 radical (unpaired) electrons. The maximum absolute atomic E-state index is 2.54. The highest BCUT2D eigenvalue weighted by molar-refractivity contribution is 6.26. The Morgan fingerprint density at radius 2 is 1.53 bits per heavy atom. The number of pyridine rings is 2. The fraction of sp³-hybridized carbons (Fsp3) is 0.156. The summed E-state index contributed by atoms with van der Waals surface area (Å²) in [4.78, 5) is 0. The number of nitrogens with zero attached hydrogens (tertiary/aromatic N) is 2. The monoisotopic (exact) mass is 439 g/mol. The predicted molar refractivity (Wildman–Crippen MR) is 144 cm³/mol. The molecule has 0 amide bonds. The second kappa shape index (κ2) is 6.80. The second-order valence-electron chi connectivity index (χ2n) is 10.0. The summed E-state index contributed by atoms with van der Waals surface area (Å²) in [6.45, 7) is 6.82. The first-order chi connectivity index (χ1) is 16.5. The van der Waals surface area contributed by atoms with Crippen LogP contribution in [0.25, 0.3) is 60.1 Å². The Balaban J connectivity index is 1.80. The van der Waals surface area contributed by atoms with E-state index in [-0.39, 0.29) is 0 Å². The summed E-state index contributed by atoms with van der Waals surface area (Å²) in [5.41, 5.74) is 10.4. The SMILES string of the molecule is Cc1ccc2c3ccc(-c4ccccc4)cc3n3c4cc(C(C)C)cc5cc[n+](C)c(c1c23)c54. The van der Waals surface area contributed by atoms with Gasteiger partial charge in [0.25, 0.3) is 0 Å². The van der Waals surface area contributed by atoms with Crippen LogP contribution in [-0.2, 0) is 7.05 Å². The fourth-order valence-electron chi connectivity index (χ4n) is 5.88. The number of hydrogen-bond donors (Lipinski definition) is 0. The summed E-state index contributed by atoms with van der Waals surface area (Å²) in [6, 6.07) is 29.4. The summed E-state index contributed by atoms with van der Waals surface area (Å²) in [6.07, 6.45) is 2.22. The molecule has 4 aromatic carbocycles. The standard InChI is InChI=1S/C32H27N2/c1-19(2)24-16-23-14-15-33(4)32-29-20(3)10-12-26-25-13-11-22(21-8-6-5-7-9-21)17-27(25)34(31(26)29)28(18-24)30(23)32/h5-19H,1-4H3/q+1. The smallest absolute Gasteiger partial charge is 0.224 e. The Kier molecular flexibility index (Phi) is 3.91. The van der Waals surface area contributed by atoms with Crippen LogP contribution < -0.4 is 4.57 Å². The molecule has 2 nitrogen and oxygen atoms in total. The van der Waals surface area contributed by atoms with Gasteiger partial charge in [-0.25, -0.2) is 4.57 Å². The molecule has 0 aliphatic heterocycles. The van der Waals surface area contributed by atoms with E-state index in [2.05, 4.69) is 122 Å². The van der Waals surface area contributed by atoms with E-state index in [1.807, 2.05) is 0 Å². The summed E-state index contributed by atoms with van der Waals surface area (Å²) in [7, 11) is 2.18. The molecule has 0 fully saturated rings. The average molecular weight is 440 g/mol. The van der Waals surface area contributed by atoms with Gasteiger partial charge in [0.05, 0.1) is 27.3 Å². The summed E-state index contributed by atoms with van der Waals surface area (Å²) < 4.78 is 4.85. The van der Waals surface area contributed by atoms with Crippen LogP contribution in [-0.4, -0.2) is 4.40 Å². The van der Waals surface area contributed by atoms with E-state index in [0.717, 1.165) is 0 Å². The summed E-state index contributed by atoms with van der Waals surface area (Å²) >= 11 is 0. The first kappa shape index (κ1) is 19.5. The average Bonchev–Trinajstić information content (AvgIpc) is 3.18. The molecule has 0 bridgehead atoms. The minimum Gasteiger partial charge on any atom is -0.307 e. The van der Waals surface area contributed by atoms with Gasteiger partial charge in [-0.2, -0.15) is 0 Å². The van der Waals surface area contributed by atoms with Crippen LogP contribution in [0, 0.1) is 6.92 Å². The Labute approximate surface area is 199 Å². The van der Waals surface area contributed by atoms with Gasteiger partial charge in [0.1, 0.15) is 7.05 Å². The zero-order valence-corrected chi connectivity index (χ0v) is 20.1. The van der Waals surface area contributed by atoms with Gasteiger partial charge in [0, 0.05) is 16.8 Å². The Morgan fingerprint density at radius 3 is 2.32 bits per heavy atom. The molecular weight excluding hydrogens is 412 g/mol. The molecule has 0 atom stereocenters. The lowest BCUT2D eigenvalue weighted by molar-refractivity contribution is -0.643. The lowest BCUT2D eigenvalue weighted by Gasteiger charge is -2.15. The highest BCUT2D eigenvalue weighted by atomic mass is 15.0. The molecule has 7 aromatic rings. The lowest BCUT2D eigenvalue weighted by Crippen LogP contribution is -2.29. The maximum Gasteiger partial charge on any atom is 0.224 e. The van der Waals surface area contributed by atoms with Crippen molar-refractivity contribution in [1.29, 1.82) is 0 Å². The van der Waals surface area contributed by atoms with Crippen molar-refractivity contribution in [2.24, 2.45) is 7.05 Å². The van der Waals surface area contributed by atoms with E-state index in [0.29, 0.717) is 5.92 Å². The topological polar surface area (TPSA) is 8.29 Å². The molecule has 3 heterocycles. The third-order valence-electron chi connectivity index (χ3n) is 7.63. The van der Waals surface area contributed by atoms with Crippen LogP contribution >= 0.6 is 0 Å². The van der Waals surface area contributed by atoms with Crippen molar-refractivity contribution >= 4 is 49.0 Å². The molecule has 7 rings (SSSR count). The minimum atomic E-state index is 0.467. The number of fused-ring (bicyclic) bond motifs is 5. The molecule has 2 heteroatoms. The normalized spacial score (nSPS) is 12.4. The molecule has 164 valence electrons. The van der Waals surface area contributed by atoms with Gasteiger partial charge in [-0.3, -0.25) is 0 Å². The summed E-state index contributed by atoms with van der Waals surface area (Å²) in [5.74, 6) is 0.467. The van der Waals surface area contributed by atoms with Crippen LogP contribution in [0.15, 0.2) is 85.1 Å². The molecular formula is C32H27N2+. The van der Waals surface area contributed by atoms with E-state index in [1.54, 1.807) is 0 Å². The molecule has 0 aliphatic rings. The molecule has 0 aliphatic carbocycles. The number of aryl methyl sites for hydroxylation is 2.